The average Bonchev–Trinajstić information content (AvgIpc) is 4.20. The third-order valence-electron chi connectivity index (χ3n) is 13.9. The highest BCUT2D eigenvalue weighted by Crippen LogP contribution is 2.43. The third kappa shape index (κ3) is 4.46. The van der Waals surface area contributed by atoms with Crippen LogP contribution in [0.4, 0.5) is 0 Å². The second kappa shape index (κ2) is 12.3. The highest BCUT2D eigenvalue weighted by Gasteiger charge is 2.24. The normalized spacial score (nSPS) is 12.5. The SMILES string of the molecule is c1ccc2c(c1)oc1cc3c(cc12)c1ccccc1n3-c1cc(-n2c3ccccc3c3cc4c(cc32)oc2ccccc24)nc(-n2c3ccccc3c3cc4c(cc32)oc2ccccc24)n1. The van der Waals surface area contributed by atoms with Gasteiger partial charge in [0.1, 0.15) is 45.1 Å². The Bertz CT molecular complexity index is 4290. The molecule has 7 aromatic heterocycles. The Kier molecular flexibility index (Phi) is 6.41. The van der Waals surface area contributed by atoms with Gasteiger partial charge in [-0.1, -0.05) is 109 Å². The summed E-state index contributed by atoms with van der Waals surface area (Å²) in [6.07, 6.45) is 0. The molecular weight excluding hydrogens is 815 g/mol. The Labute approximate surface area is 372 Å². The molecule has 0 N–H and O–H groups in total. The van der Waals surface area contributed by atoms with Gasteiger partial charge in [0.25, 0.3) is 0 Å². The van der Waals surface area contributed by atoms with E-state index in [0.29, 0.717) is 17.6 Å². The largest absolute Gasteiger partial charge is 0.456 e. The maximum Gasteiger partial charge on any atom is 0.238 e. The lowest BCUT2D eigenvalue weighted by atomic mass is 10.1. The lowest BCUT2D eigenvalue weighted by Crippen LogP contribution is -2.10. The predicted octanol–water partition coefficient (Wildman–Crippen LogP) is 15.5. The second-order valence-electron chi connectivity index (χ2n) is 17.3. The molecule has 0 aliphatic carbocycles. The van der Waals surface area contributed by atoms with Gasteiger partial charge in [0.2, 0.25) is 5.95 Å². The summed E-state index contributed by atoms with van der Waals surface area (Å²) in [5.74, 6) is 1.95. The van der Waals surface area contributed by atoms with Crippen LogP contribution in [0.5, 0.6) is 0 Å². The van der Waals surface area contributed by atoms with Crippen LogP contribution in [0.2, 0.25) is 0 Å². The molecule has 306 valence electrons. The van der Waals surface area contributed by atoms with E-state index >= 15 is 0 Å². The number of hydrogen-bond acceptors (Lipinski definition) is 5. The van der Waals surface area contributed by atoms with E-state index in [0.717, 1.165) is 131 Å². The molecule has 9 aromatic carbocycles. The molecule has 8 heteroatoms. The molecule has 0 spiro atoms. The molecule has 8 nitrogen and oxygen atoms in total. The van der Waals surface area contributed by atoms with Gasteiger partial charge < -0.3 is 13.3 Å². The standard InChI is InChI=1S/C58H31N5O3/c1-7-19-44-32(13-1)38-25-41-35-16-4-10-22-50(35)64-53(41)28-47(38)61(44)56-31-57(62-45-20-8-2-14-33(45)39-26-42-36-17-5-11-23-51(36)65-54(42)29-48(39)62)60-58(59-56)63-46-21-9-3-15-34(46)40-27-43-37-18-6-12-24-52(37)66-55(43)30-49(40)63/h1-31H. The quantitative estimate of drug-likeness (QED) is 0.177. The van der Waals surface area contributed by atoms with Crippen LogP contribution in [-0.2, 0) is 0 Å². The first kappa shape index (κ1) is 34.4. The Morgan fingerprint density at radius 1 is 0.242 bits per heavy atom. The zero-order chi connectivity index (χ0) is 42.8. The number of rotatable bonds is 3. The van der Waals surface area contributed by atoms with Crippen LogP contribution in [-0.4, -0.2) is 23.7 Å². The number of benzene rings is 9. The van der Waals surface area contributed by atoms with Gasteiger partial charge in [-0.3, -0.25) is 13.7 Å². The summed E-state index contributed by atoms with van der Waals surface area (Å²) in [5, 5.41) is 13.1. The molecule has 0 unspecified atom stereocenters. The van der Waals surface area contributed by atoms with Crippen LogP contribution in [0.25, 0.3) is 149 Å². The van der Waals surface area contributed by atoms with Gasteiger partial charge in [-0.15, -0.1) is 0 Å². The van der Waals surface area contributed by atoms with E-state index in [9.17, 15) is 0 Å². The smallest absolute Gasteiger partial charge is 0.238 e. The summed E-state index contributed by atoms with van der Waals surface area (Å²) in [4.78, 5) is 11.3. The summed E-state index contributed by atoms with van der Waals surface area (Å²) >= 11 is 0. The molecule has 0 saturated carbocycles. The number of aromatic nitrogens is 5. The molecule has 0 atom stereocenters. The predicted molar refractivity (Wildman–Crippen MR) is 267 cm³/mol. The first-order valence-corrected chi connectivity index (χ1v) is 22.1. The van der Waals surface area contributed by atoms with Crippen LogP contribution in [0.1, 0.15) is 0 Å². The van der Waals surface area contributed by atoms with Crippen molar-refractivity contribution in [2.45, 2.75) is 0 Å². The minimum absolute atomic E-state index is 0.524. The van der Waals surface area contributed by atoms with Crippen molar-refractivity contribution in [3.8, 4) is 17.6 Å². The van der Waals surface area contributed by atoms with Crippen LogP contribution < -0.4 is 0 Å². The third-order valence-corrected chi connectivity index (χ3v) is 13.9. The first-order valence-electron chi connectivity index (χ1n) is 22.1. The molecule has 0 aliphatic rings. The van der Waals surface area contributed by atoms with Crippen LogP contribution in [0.15, 0.2) is 201 Å². The van der Waals surface area contributed by atoms with E-state index in [1.807, 2.05) is 36.4 Å². The lowest BCUT2D eigenvalue weighted by Gasteiger charge is -2.15. The molecule has 16 aromatic rings. The van der Waals surface area contributed by atoms with Gasteiger partial charge in [0.15, 0.2) is 0 Å². The fraction of sp³-hybridized carbons (Fsp3) is 0. The minimum Gasteiger partial charge on any atom is -0.456 e. The lowest BCUT2D eigenvalue weighted by molar-refractivity contribution is 0.669. The Morgan fingerprint density at radius 3 is 0.955 bits per heavy atom. The summed E-state index contributed by atoms with van der Waals surface area (Å²) in [6.45, 7) is 0. The van der Waals surface area contributed by atoms with Crippen LogP contribution in [0.3, 0.4) is 0 Å². The van der Waals surface area contributed by atoms with E-state index in [2.05, 4.69) is 165 Å². The Morgan fingerprint density at radius 2 is 0.561 bits per heavy atom. The molecule has 66 heavy (non-hydrogen) atoms. The monoisotopic (exact) mass is 845 g/mol. The Hall–Kier alpha value is -9.14. The molecule has 0 saturated heterocycles. The van der Waals surface area contributed by atoms with Gasteiger partial charge in [0, 0.05) is 88.9 Å². The highest BCUT2D eigenvalue weighted by atomic mass is 16.3. The highest BCUT2D eigenvalue weighted by molar-refractivity contribution is 6.20. The zero-order valence-electron chi connectivity index (χ0n) is 34.9. The van der Waals surface area contributed by atoms with Crippen molar-refractivity contribution in [1.82, 2.24) is 23.7 Å². The molecule has 7 heterocycles. The van der Waals surface area contributed by atoms with E-state index in [1.165, 1.54) is 0 Å². The molecular formula is C58H31N5O3. The summed E-state index contributed by atoms with van der Waals surface area (Å²) in [5.41, 5.74) is 11.0. The van der Waals surface area contributed by atoms with E-state index in [1.54, 1.807) is 0 Å². The molecule has 0 amide bonds. The number of fused-ring (bicyclic) bond motifs is 18. The summed E-state index contributed by atoms with van der Waals surface area (Å²) < 4.78 is 26.4. The minimum atomic E-state index is 0.524. The van der Waals surface area contributed by atoms with Gasteiger partial charge >= 0.3 is 0 Å². The van der Waals surface area contributed by atoms with Crippen molar-refractivity contribution in [3.05, 3.63) is 188 Å². The number of hydrogen-bond donors (Lipinski definition) is 0. The maximum absolute atomic E-state index is 6.55. The van der Waals surface area contributed by atoms with Crippen molar-refractivity contribution in [2.24, 2.45) is 0 Å². The van der Waals surface area contributed by atoms with E-state index in [4.69, 9.17) is 23.2 Å². The number of para-hydroxylation sites is 6. The number of nitrogens with zero attached hydrogens (tertiary/aromatic N) is 5. The molecule has 16 rings (SSSR count). The summed E-state index contributed by atoms with van der Waals surface area (Å²) in [7, 11) is 0. The van der Waals surface area contributed by atoms with Crippen LogP contribution in [0, 0.1) is 0 Å². The fourth-order valence-corrected chi connectivity index (χ4v) is 11.0. The Balaban J connectivity index is 1.06. The van der Waals surface area contributed by atoms with Crippen molar-refractivity contribution >= 4 is 131 Å². The molecule has 0 bridgehead atoms. The van der Waals surface area contributed by atoms with Crippen molar-refractivity contribution in [3.63, 3.8) is 0 Å². The van der Waals surface area contributed by atoms with Gasteiger partial charge in [-0.2, -0.15) is 9.97 Å². The molecule has 0 aliphatic heterocycles. The topological polar surface area (TPSA) is 80.0 Å². The van der Waals surface area contributed by atoms with Crippen molar-refractivity contribution in [2.75, 3.05) is 0 Å². The first-order chi connectivity index (χ1) is 32.7. The second-order valence-corrected chi connectivity index (χ2v) is 17.3. The zero-order valence-corrected chi connectivity index (χ0v) is 34.9. The van der Waals surface area contributed by atoms with Gasteiger partial charge in [0.05, 0.1) is 33.1 Å². The van der Waals surface area contributed by atoms with Crippen molar-refractivity contribution in [1.29, 1.82) is 0 Å². The summed E-state index contributed by atoms with van der Waals surface area (Å²) in [6, 6.07) is 65.8. The fourth-order valence-electron chi connectivity index (χ4n) is 11.0. The molecule has 0 fully saturated rings. The average molecular weight is 846 g/mol. The van der Waals surface area contributed by atoms with E-state index in [-0.39, 0.29) is 0 Å². The van der Waals surface area contributed by atoms with Gasteiger partial charge in [-0.25, -0.2) is 0 Å². The number of furan rings is 3. The van der Waals surface area contributed by atoms with Crippen molar-refractivity contribution < 1.29 is 13.3 Å². The van der Waals surface area contributed by atoms with Gasteiger partial charge in [-0.05, 0) is 54.6 Å². The van der Waals surface area contributed by atoms with E-state index < -0.39 is 0 Å². The van der Waals surface area contributed by atoms with Crippen LogP contribution >= 0.6 is 0 Å². The molecule has 0 radical (unpaired) electrons. The maximum atomic E-state index is 6.55.